The van der Waals surface area contributed by atoms with Crippen LogP contribution in [0.15, 0.2) is 24.3 Å². The average molecular weight is 252 g/mol. The highest BCUT2D eigenvalue weighted by atomic mass is 16.5. The molecule has 0 aliphatic heterocycles. The smallest absolute Gasteiger partial charge is 0.238 e. The molecule has 1 aromatic carbocycles. The standard InChI is InChI=1S/C13H20N2O3/c1-3-8-15-12(13(14)16)9-18-11-6-4-10(17-2)5-7-11/h4-7,12,15H,3,8-9H2,1-2H3,(H2,14,16). The number of nitrogens with one attached hydrogen (secondary N) is 1. The molecule has 3 N–H and O–H groups in total. The molecule has 0 aliphatic rings. The zero-order valence-corrected chi connectivity index (χ0v) is 10.8. The topological polar surface area (TPSA) is 73.6 Å². The molecule has 1 unspecified atom stereocenters. The minimum Gasteiger partial charge on any atom is -0.497 e. The van der Waals surface area contributed by atoms with Crippen molar-refractivity contribution >= 4 is 5.91 Å². The van der Waals surface area contributed by atoms with Crippen LogP contribution >= 0.6 is 0 Å². The van der Waals surface area contributed by atoms with Crippen LogP contribution in [0.1, 0.15) is 13.3 Å². The van der Waals surface area contributed by atoms with Gasteiger partial charge in [-0.3, -0.25) is 4.79 Å². The van der Waals surface area contributed by atoms with Gasteiger partial charge in [-0.25, -0.2) is 0 Å². The maximum Gasteiger partial charge on any atom is 0.238 e. The van der Waals surface area contributed by atoms with Gasteiger partial charge in [-0.15, -0.1) is 0 Å². The van der Waals surface area contributed by atoms with E-state index in [9.17, 15) is 4.79 Å². The van der Waals surface area contributed by atoms with Gasteiger partial charge in [0.15, 0.2) is 0 Å². The summed E-state index contributed by atoms with van der Waals surface area (Å²) < 4.78 is 10.6. The van der Waals surface area contributed by atoms with Crippen LogP contribution in [0.3, 0.4) is 0 Å². The largest absolute Gasteiger partial charge is 0.497 e. The van der Waals surface area contributed by atoms with Crippen LogP contribution in [0, 0.1) is 0 Å². The lowest BCUT2D eigenvalue weighted by Crippen LogP contribution is -2.45. The second-order valence-corrected chi connectivity index (χ2v) is 3.90. The van der Waals surface area contributed by atoms with E-state index < -0.39 is 11.9 Å². The number of rotatable bonds is 8. The Labute approximate surface area is 107 Å². The second-order valence-electron chi connectivity index (χ2n) is 3.90. The van der Waals surface area contributed by atoms with Gasteiger partial charge in [0.1, 0.15) is 24.1 Å². The number of ether oxygens (including phenoxy) is 2. The maximum atomic E-state index is 11.2. The average Bonchev–Trinajstić information content (AvgIpc) is 2.39. The third-order valence-corrected chi connectivity index (χ3v) is 2.46. The van der Waals surface area contributed by atoms with Gasteiger partial charge < -0.3 is 20.5 Å². The first-order chi connectivity index (χ1) is 8.67. The number of hydrogen-bond donors (Lipinski definition) is 2. The summed E-state index contributed by atoms with van der Waals surface area (Å²) in [6.07, 6.45) is 0.937. The highest BCUT2D eigenvalue weighted by Crippen LogP contribution is 2.16. The first-order valence-electron chi connectivity index (χ1n) is 5.97. The number of benzene rings is 1. The van der Waals surface area contributed by atoms with Gasteiger partial charge in [0.05, 0.1) is 7.11 Å². The molecule has 18 heavy (non-hydrogen) atoms. The van der Waals surface area contributed by atoms with Gasteiger partial charge in [0.25, 0.3) is 0 Å². The number of nitrogens with two attached hydrogens (primary N) is 1. The van der Waals surface area contributed by atoms with Gasteiger partial charge in [0, 0.05) is 0 Å². The summed E-state index contributed by atoms with van der Waals surface area (Å²) in [6.45, 7) is 2.98. The molecule has 0 radical (unpaired) electrons. The molecule has 100 valence electrons. The molecular weight excluding hydrogens is 232 g/mol. The van der Waals surface area contributed by atoms with Crippen molar-refractivity contribution in [3.63, 3.8) is 0 Å². The fourth-order valence-corrected chi connectivity index (χ4v) is 1.41. The number of primary amides is 1. The number of methoxy groups -OCH3 is 1. The fourth-order valence-electron chi connectivity index (χ4n) is 1.41. The Hall–Kier alpha value is -1.75. The Balaban J connectivity index is 2.47. The molecule has 5 heteroatoms. The van der Waals surface area contributed by atoms with Crippen LogP contribution in [0.2, 0.25) is 0 Å². The first kappa shape index (κ1) is 14.3. The molecule has 1 amide bonds. The van der Waals surface area contributed by atoms with Crippen LogP contribution < -0.4 is 20.5 Å². The number of hydrogen-bond acceptors (Lipinski definition) is 4. The molecule has 1 aromatic rings. The first-order valence-corrected chi connectivity index (χ1v) is 5.97. The third kappa shape index (κ3) is 4.63. The highest BCUT2D eigenvalue weighted by Gasteiger charge is 2.14. The molecule has 1 atom stereocenters. The van der Waals surface area contributed by atoms with Crippen molar-refractivity contribution in [2.45, 2.75) is 19.4 Å². The molecule has 0 fully saturated rings. The van der Waals surface area contributed by atoms with Crippen molar-refractivity contribution in [1.82, 2.24) is 5.32 Å². The van der Waals surface area contributed by atoms with E-state index in [0.29, 0.717) is 5.75 Å². The molecular formula is C13H20N2O3. The van der Waals surface area contributed by atoms with Crippen molar-refractivity contribution in [2.24, 2.45) is 5.73 Å². The zero-order chi connectivity index (χ0) is 13.4. The van der Waals surface area contributed by atoms with Gasteiger partial charge in [-0.1, -0.05) is 6.92 Å². The van der Waals surface area contributed by atoms with Crippen molar-refractivity contribution < 1.29 is 14.3 Å². The minimum absolute atomic E-state index is 0.224. The summed E-state index contributed by atoms with van der Waals surface area (Å²) in [5.74, 6) is 1.04. The normalized spacial score (nSPS) is 11.9. The summed E-state index contributed by atoms with van der Waals surface area (Å²) in [7, 11) is 1.60. The van der Waals surface area contributed by atoms with Gasteiger partial charge >= 0.3 is 0 Å². The van der Waals surface area contributed by atoms with Crippen LogP contribution in [-0.4, -0.2) is 32.2 Å². The van der Waals surface area contributed by atoms with Gasteiger partial charge in [-0.2, -0.15) is 0 Å². The van der Waals surface area contributed by atoms with Gasteiger partial charge in [-0.05, 0) is 37.2 Å². The van der Waals surface area contributed by atoms with Crippen molar-refractivity contribution in [3.05, 3.63) is 24.3 Å². The Morgan fingerprint density at radius 1 is 1.33 bits per heavy atom. The van der Waals surface area contributed by atoms with E-state index in [2.05, 4.69) is 5.32 Å². The molecule has 0 spiro atoms. The lowest BCUT2D eigenvalue weighted by atomic mass is 10.3. The predicted octanol–water partition coefficient (Wildman–Crippen LogP) is 0.927. The summed E-state index contributed by atoms with van der Waals surface area (Å²) in [5.41, 5.74) is 5.29. The number of amides is 1. The van der Waals surface area contributed by atoms with E-state index in [4.69, 9.17) is 15.2 Å². The Morgan fingerprint density at radius 2 is 1.94 bits per heavy atom. The van der Waals surface area contributed by atoms with Crippen molar-refractivity contribution in [1.29, 1.82) is 0 Å². The summed E-state index contributed by atoms with van der Waals surface area (Å²) in [6, 6.07) is 6.71. The molecule has 0 aromatic heterocycles. The second kappa shape index (κ2) is 7.55. The molecule has 0 aliphatic carbocycles. The monoisotopic (exact) mass is 252 g/mol. The third-order valence-electron chi connectivity index (χ3n) is 2.46. The van der Waals surface area contributed by atoms with Crippen LogP contribution in [-0.2, 0) is 4.79 Å². The summed E-state index contributed by atoms with van der Waals surface area (Å²) in [5, 5.41) is 3.04. The Morgan fingerprint density at radius 3 is 2.44 bits per heavy atom. The minimum atomic E-state index is -0.466. The molecule has 0 saturated carbocycles. The molecule has 0 bridgehead atoms. The fraction of sp³-hybridized carbons (Fsp3) is 0.462. The lowest BCUT2D eigenvalue weighted by molar-refractivity contribution is -0.120. The van der Waals surface area contributed by atoms with E-state index in [0.717, 1.165) is 18.7 Å². The Kier molecular flexibility index (Phi) is 6.00. The Bertz CT molecular complexity index is 365. The predicted molar refractivity (Wildman–Crippen MR) is 69.8 cm³/mol. The maximum absolute atomic E-state index is 11.2. The van der Waals surface area contributed by atoms with Gasteiger partial charge in [0.2, 0.25) is 5.91 Å². The SMILES string of the molecule is CCCNC(COc1ccc(OC)cc1)C(N)=O. The van der Waals surface area contributed by atoms with Crippen molar-refractivity contribution in [2.75, 3.05) is 20.3 Å². The van der Waals surface area contributed by atoms with E-state index in [1.54, 1.807) is 31.4 Å². The van der Waals surface area contributed by atoms with E-state index >= 15 is 0 Å². The van der Waals surface area contributed by atoms with E-state index in [1.807, 2.05) is 6.92 Å². The van der Waals surface area contributed by atoms with E-state index in [-0.39, 0.29) is 6.61 Å². The molecule has 0 heterocycles. The van der Waals surface area contributed by atoms with E-state index in [1.165, 1.54) is 0 Å². The van der Waals surface area contributed by atoms with Crippen molar-refractivity contribution in [3.8, 4) is 11.5 Å². The quantitative estimate of drug-likeness (QED) is 0.721. The van der Waals surface area contributed by atoms with Crippen LogP contribution in [0.4, 0.5) is 0 Å². The molecule has 1 rings (SSSR count). The lowest BCUT2D eigenvalue weighted by Gasteiger charge is -2.15. The zero-order valence-electron chi connectivity index (χ0n) is 10.8. The van der Waals surface area contributed by atoms with Crippen LogP contribution in [0.5, 0.6) is 11.5 Å². The summed E-state index contributed by atoms with van der Waals surface area (Å²) >= 11 is 0. The molecule has 0 saturated heterocycles. The molecule has 5 nitrogen and oxygen atoms in total. The highest BCUT2D eigenvalue weighted by molar-refractivity contribution is 5.80. The summed E-state index contributed by atoms with van der Waals surface area (Å²) in [4.78, 5) is 11.2. The van der Waals surface area contributed by atoms with Crippen LogP contribution in [0.25, 0.3) is 0 Å². The number of carbonyl (C=O) groups is 1. The number of carbonyl (C=O) groups excluding carboxylic acids is 1.